The van der Waals surface area contributed by atoms with Gasteiger partial charge < -0.3 is 10.8 Å². The van der Waals surface area contributed by atoms with Gasteiger partial charge in [-0.1, -0.05) is 6.07 Å². The molecule has 2 heterocycles. The summed E-state index contributed by atoms with van der Waals surface area (Å²) in [5.74, 6) is -2.17. The van der Waals surface area contributed by atoms with Crippen molar-refractivity contribution in [3.8, 4) is 0 Å². The molecule has 2 atom stereocenters. The summed E-state index contributed by atoms with van der Waals surface area (Å²) in [6.07, 6.45) is 1.03. The molecule has 30 heavy (non-hydrogen) atoms. The fourth-order valence-corrected chi connectivity index (χ4v) is 4.08. The second-order valence-electron chi connectivity index (χ2n) is 7.37. The Morgan fingerprint density at radius 3 is 2.63 bits per heavy atom. The lowest BCUT2D eigenvalue weighted by Gasteiger charge is -2.37. The van der Waals surface area contributed by atoms with Crippen molar-refractivity contribution in [2.75, 3.05) is 18.8 Å². The molecule has 1 aliphatic carbocycles. The Kier molecular flexibility index (Phi) is 6.55. The number of alkyl halides is 3. The first-order chi connectivity index (χ1) is 14.1. The number of nitrogens with zero attached hydrogens (tertiary/aromatic N) is 3. The van der Waals surface area contributed by atoms with Crippen molar-refractivity contribution in [1.29, 1.82) is 0 Å². The highest BCUT2D eigenvalue weighted by molar-refractivity contribution is 5.73. The first kappa shape index (κ1) is 21.9. The molecule has 1 saturated heterocycles. The van der Waals surface area contributed by atoms with Crippen LogP contribution in [0.25, 0.3) is 0 Å². The average Bonchev–Trinajstić information content (AvgIpc) is 3.11. The maximum absolute atomic E-state index is 13.6. The van der Waals surface area contributed by atoms with Crippen LogP contribution in [0.1, 0.15) is 48.0 Å². The number of likely N-dealkylation sites (tertiary alicyclic amines) is 1. The summed E-state index contributed by atoms with van der Waals surface area (Å²) in [4.78, 5) is 19.8. The number of anilines is 1. The molecule has 162 valence electrons. The maximum Gasteiger partial charge on any atom is 0.490 e. The highest BCUT2D eigenvalue weighted by Crippen LogP contribution is 2.39. The number of benzene rings is 1. The van der Waals surface area contributed by atoms with E-state index in [4.69, 9.17) is 15.6 Å². The Morgan fingerprint density at radius 2 is 1.97 bits per heavy atom. The van der Waals surface area contributed by atoms with E-state index in [9.17, 15) is 17.6 Å². The molecule has 3 N–H and O–H groups in total. The van der Waals surface area contributed by atoms with Gasteiger partial charge in [0.05, 0.1) is 5.69 Å². The molecule has 1 fully saturated rings. The minimum absolute atomic E-state index is 0.132. The van der Waals surface area contributed by atoms with Crippen LogP contribution in [-0.2, 0) is 11.2 Å². The number of nitrogens with two attached hydrogens (primary N) is 1. The number of piperidine rings is 1. The average molecular weight is 426 g/mol. The van der Waals surface area contributed by atoms with Gasteiger partial charge in [-0.05, 0) is 61.6 Å². The SMILES string of the molecule is Nc1nccc(C2CCCN(C3CCc4ccc(F)cc43)C2)n1.O=C(O)C(F)(F)F. The smallest absolute Gasteiger partial charge is 0.475 e. The highest BCUT2D eigenvalue weighted by Gasteiger charge is 2.38. The van der Waals surface area contributed by atoms with E-state index in [-0.39, 0.29) is 5.82 Å². The minimum atomic E-state index is -5.08. The number of carboxylic acids is 1. The summed E-state index contributed by atoms with van der Waals surface area (Å²) in [6.45, 7) is 2.02. The molecule has 0 radical (unpaired) electrons. The van der Waals surface area contributed by atoms with Gasteiger partial charge in [0.15, 0.2) is 0 Å². The number of nitrogen functional groups attached to an aromatic ring is 1. The Bertz CT molecular complexity index is 907. The molecule has 0 bridgehead atoms. The lowest BCUT2D eigenvalue weighted by atomic mass is 9.92. The third-order valence-electron chi connectivity index (χ3n) is 5.40. The molecule has 2 aromatic rings. The molecule has 0 spiro atoms. The number of fused-ring (bicyclic) bond motifs is 1. The normalized spacial score (nSPS) is 21.5. The number of aromatic nitrogens is 2. The Morgan fingerprint density at radius 1 is 1.23 bits per heavy atom. The lowest BCUT2D eigenvalue weighted by molar-refractivity contribution is -0.192. The number of halogens is 4. The predicted octanol–water partition coefficient (Wildman–Crippen LogP) is 3.70. The van der Waals surface area contributed by atoms with Crippen LogP contribution in [0.5, 0.6) is 0 Å². The molecule has 4 rings (SSSR count). The van der Waals surface area contributed by atoms with Crippen molar-refractivity contribution in [2.24, 2.45) is 0 Å². The highest BCUT2D eigenvalue weighted by atomic mass is 19.4. The number of carboxylic acid groups (broad SMARTS) is 1. The minimum Gasteiger partial charge on any atom is -0.475 e. The Hall–Kier alpha value is -2.75. The zero-order valence-electron chi connectivity index (χ0n) is 16.1. The second kappa shape index (κ2) is 8.95. The summed E-state index contributed by atoms with van der Waals surface area (Å²) < 4.78 is 45.4. The molecular weight excluding hydrogens is 404 g/mol. The van der Waals surface area contributed by atoms with Crippen molar-refractivity contribution < 1.29 is 27.5 Å². The number of aryl methyl sites for hydroxylation is 1. The quantitative estimate of drug-likeness (QED) is 0.712. The molecular formula is C20H22F4N4O2. The first-order valence-electron chi connectivity index (χ1n) is 9.56. The van der Waals surface area contributed by atoms with Gasteiger partial charge >= 0.3 is 12.1 Å². The summed E-state index contributed by atoms with van der Waals surface area (Å²) in [5, 5.41) is 7.12. The molecule has 1 aromatic carbocycles. The predicted molar refractivity (Wildman–Crippen MR) is 101 cm³/mol. The van der Waals surface area contributed by atoms with Gasteiger partial charge in [-0.15, -0.1) is 0 Å². The third kappa shape index (κ3) is 5.24. The van der Waals surface area contributed by atoms with Crippen LogP contribution in [0.3, 0.4) is 0 Å². The fourth-order valence-electron chi connectivity index (χ4n) is 4.08. The van der Waals surface area contributed by atoms with Gasteiger partial charge in [0.2, 0.25) is 5.95 Å². The standard InChI is InChI=1S/C18H21FN4.C2HF3O2/c19-14-5-3-12-4-6-17(15(12)10-14)23-9-1-2-13(11-23)16-7-8-21-18(20)22-16;3-2(4,5)1(6)7/h3,5,7-8,10,13,17H,1-2,4,6,9,11H2,(H2,20,21,22);(H,6,7). The van der Waals surface area contributed by atoms with Crippen molar-refractivity contribution in [3.63, 3.8) is 0 Å². The van der Waals surface area contributed by atoms with E-state index in [1.165, 1.54) is 11.1 Å². The number of aliphatic carboxylic acids is 1. The zero-order valence-corrected chi connectivity index (χ0v) is 16.1. The van der Waals surface area contributed by atoms with Crippen LogP contribution in [0.2, 0.25) is 0 Å². The van der Waals surface area contributed by atoms with E-state index in [1.807, 2.05) is 12.1 Å². The van der Waals surface area contributed by atoms with Crippen LogP contribution in [0.4, 0.5) is 23.5 Å². The van der Waals surface area contributed by atoms with E-state index in [0.29, 0.717) is 17.9 Å². The number of hydrogen-bond donors (Lipinski definition) is 2. The fraction of sp³-hybridized carbons (Fsp3) is 0.450. The number of carbonyl (C=O) groups is 1. The molecule has 0 amide bonds. The van der Waals surface area contributed by atoms with Crippen molar-refractivity contribution in [2.45, 2.75) is 43.8 Å². The van der Waals surface area contributed by atoms with Crippen LogP contribution in [-0.4, -0.2) is 45.2 Å². The summed E-state index contributed by atoms with van der Waals surface area (Å²) in [7, 11) is 0. The monoisotopic (exact) mass is 426 g/mol. The summed E-state index contributed by atoms with van der Waals surface area (Å²) >= 11 is 0. The molecule has 1 aromatic heterocycles. The zero-order chi connectivity index (χ0) is 21.9. The third-order valence-corrected chi connectivity index (χ3v) is 5.40. The Balaban J connectivity index is 0.000000318. The maximum atomic E-state index is 13.6. The van der Waals surface area contributed by atoms with E-state index in [2.05, 4.69) is 14.9 Å². The van der Waals surface area contributed by atoms with Crippen molar-refractivity contribution >= 4 is 11.9 Å². The van der Waals surface area contributed by atoms with E-state index in [0.717, 1.165) is 44.5 Å². The van der Waals surface area contributed by atoms with Gasteiger partial charge in [0, 0.05) is 24.7 Å². The largest absolute Gasteiger partial charge is 0.490 e. The van der Waals surface area contributed by atoms with Crippen molar-refractivity contribution in [1.82, 2.24) is 14.9 Å². The number of rotatable bonds is 2. The van der Waals surface area contributed by atoms with Crippen molar-refractivity contribution in [3.05, 3.63) is 53.1 Å². The lowest BCUT2D eigenvalue weighted by Crippen LogP contribution is -2.37. The summed E-state index contributed by atoms with van der Waals surface area (Å²) in [6, 6.07) is 7.54. The topological polar surface area (TPSA) is 92.3 Å². The van der Waals surface area contributed by atoms with Gasteiger partial charge in [-0.25, -0.2) is 19.2 Å². The van der Waals surface area contributed by atoms with Gasteiger partial charge in [0.25, 0.3) is 0 Å². The van der Waals surface area contributed by atoms with Gasteiger partial charge in [0.1, 0.15) is 5.82 Å². The van der Waals surface area contributed by atoms with E-state index in [1.54, 1.807) is 18.3 Å². The second-order valence-corrected chi connectivity index (χ2v) is 7.37. The van der Waals surface area contributed by atoms with E-state index >= 15 is 0 Å². The van der Waals surface area contributed by atoms with Crippen LogP contribution < -0.4 is 5.73 Å². The van der Waals surface area contributed by atoms with Crippen LogP contribution in [0.15, 0.2) is 30.5 Å². The van der Waals surface area contributed by atoms with Gasteiger partial charge in [-0.2, -0.15) is 13.2 Å². The Labute approximate surface area is 170 Å². The molecule has 10 heteroatoms. The molecule has 6 nitrogen and oxygen atoms in total. The number of hydrogen-bond acceptors (Lipinski definition) is 5. The van der Waals surface area contributed by atoms with E-state index < -0.39 is 12.1 Å². The first-order valence-corrected chi connectivity index (χ1v) is 9.56. The van der Waals surface area contributed by atoms with Crippen LogP contribution in [0, 0.1) is 5.82 Å². The summed E-state index contributed by atoms with van der Waals surface area (Å²) in [5.41, 5.74) is 9.22. The molecule has 0 saturated carbocycles. The molecule has 1 aliphatic heterocycles. The molecule has 2 unspecified atom stereocenters. The van der Waals surface area contributed by atoms with Crippen LogP contribution >= 0.6 is 0 Å². The molecule has 2 aliphatic rings. The van der Waals surface area contributed by atoms with Gasteiger partial charge in [-0.3, -0.25) is 4.90 Å².